The van der Waals surface area contributed by atoms with Gasteiger partial charge in [-0.1, -0.05) is 30.7 Å². The van der Waals surface area contributed by atoms with Crippen molar-refractivity contribution in [1.82, 2.24) is 10.3 Å². The number of carbonyl (C=O) groups excluding carboxylic acids is 1. The molecule has 4 rings (SSSR count). The SMILES string of the molecule is Cl.O=C(Nc1nc2c(s1)CCCCC2)C1Cc2ccccc2CN1. The fourth-order valence-electron chi connectivity index (χ4n) is 3.41. The Morgan fingerprint density at radius 2 is 1.96 bits per heavy atom. The zero-order valence-corrected chi connectivity index (χ0v) is 15.1. The highest BCUT2D eigenvalue weighted by Gasteiger charge is 2.25. The van der Waals surface area contributed by atoms with Crippen molar-refractivity contribution in [2.75, 3.05) is 5.32 Å². The lowest BCUT2D eigenvalue weighted by Gasteiger charge is -2.24. The van der Waals surface area contributed by atoms with Crippen LogP contribution < -0.4 is 10.6 Å². The Balaban J connectivity index is 0.00000169. The molecule has 0 saturated heterocycles. The first-order valence-electron chi connectivity index (χ1n) is 8.39. The molecular formula is C18H22ClN3OS. The normalized spacial score (nSPS) is 19.4. The van der Waals surface area contributed by atoms with Crippen molar-refractivity contribution >= 4 is 34.8 Å². The Kier molecular flexibility index (Phi) is 5.54. The third-order valence-electron chi connectivity index (χ3n) is 4.72. The summed E-state index contributed by atoms with van der Waals surface area (Å²) in [6.45, 7) is 0.753. The van der Waals surface area contributed by atoms with Crippen LogP contribution in [0.3, 0.4) is 0 Å². The molecule has 2 aliphatic rings. The Hall–Kier alpha value is -1.43. The topological polar surface area (TPSA) is 54.0 Å². The van der Waals surface area contributed by atoms with E-state index in [4.69, 9.17) is 0 Å². The van der Waals surface area contributed by atoms with Gasteiger partial charge < -0.3 is 10.6 Å². The van der Waals surface area contributed by atoms with Gasteiger partial charge in [-0.15, -0.1) is 23.7 Å². The number of benzene rings is 1. The number of anilines is 1. The number of carbonyl (C=O) groups is 1. The molecule has 6 heteroatoms. The second-order valence-corrected chi connectivity index (χ2v) is 7.43. The van der Waals surface area contributed by atoms with Gasteiger partial charge in [0.05, 0.1) is 11.7 Å². The quantitative estimate of drug-likeness (QED) is 0.803. The molecule has 24 heavy (non-hydrogen) atoms. The number of amides is 1. The minimum Gasteiger partial charge on any atom is -0.301 e. The van der Waals surface area contributed by atoms with Crippen LogP contribution in [0.5, 0.6) is 0 Å². The van der Waals surface area contributed by atoms with Crippen LogP contribution in [0.4, 0.5) is 5.13 Å². The molecule has 1 unspecified atom stereocenters. The fraction of sp³-hybridized carbons (Fsp3) is 0.444. The lowest BCUT2D eigenvalue weighted by molar-refractivity contribution is -0.118. The van der Waals surface area contributed by atoms with Crippen molar-refractivity contribution in [1.29, 1.82) is 0 Å². The van der Waals surface area contributed by atoms with Gasteiger partial charge in [0.25, 0.3) is 0 Å². The fourth-order valence-corrected chi connectivity index (χ4v) is 4.47. The number of rotatable bonds is 2. The van der Waals surface area contributed by atoms with Crippen LogP contribution in [0.15, 0.2) is 24.3 Å². The smallest absolute Gasteiger partial charge is 0.243 e. The molecule has 0 spiro atoms. The second-order valence-electron chi connectivity index (χ2n) is 6.35. The molecule has 1 aromatic heterocycles. The molecule has 1 aliphatic carbocycles. The van der Waals surface area contributed by atoms with Crippen LogP contribution in [-0.4, -0.2) is 16.9 Å². The van der Waals surface area contributed by atoms with E-state index in [1.807, 2.05) is 12.1 Å². The molecule has 0 radical (unpaired) electrons. The van der Waals surface area contributed by atoms with Gasteiger partial charge in [0, 0.05) is 11.4 Å². The predicted molar refractivity (Wildman–Crippen MR) is 100 cm³/mol. The first-order chi connectivity index (χ1) is 11.3. The summed E-state index contributed by atoms with van der Waals surface area (Å²) >= 11 is 1.66. The van der Waals surface area contributed by atoms with E-state index < -0.39 is 0 Å². The molecule has 2 aromatic rings. The minimum absolute atomic E-state index is 0. The Morgan fingerprint density at radius 1 is 1.17 bits per heavy atom. The van der Waals surface area contributed by atoms with Crippen molar-refractivity contribution in [3.8, 4) is 0 Å². The molecular weight excluding hydrogens is 342 g/mol. The van der Waals surface area contributed by atoms with Crippen molar-refractivity contribution < 1.29 is 4.79 Å². The van der Waals surface area contributed by atoms with E-state index in [0.29, 0.717) is 0 Å². The van der Waals surface area contributed by atoms with Crippen molar-refractivity contribution in [2.45, 2.75) is 51.1 Å². The average molecular weight is 364 g/mol. The van der Waals surface area contributed by atoms with Crippen molar-refractivity contribution in [3.05, 3.63) is 46.0 Å². The van der Waals surface area contributed by atoms with Crippen molar-refractivity contribution in [2.24, 2.45) is 0 Å². The van der Waals surface area contributed by atoms with Gasteiger partial charge in [-0.2, -0.15) is 0 Å². The molecule has 1 atom stereocenters. The number of thiazole rings is 1. The zero-order chi connectivity index (χ0) is 15.6. The summed E-state index contributed by atoms with van der Waals surface area (Å²) in [7, 11) is 0. The summed E-state index contributed by atoms with van der Waals surface area (Å²) in [6.07, 6.45) is 6.65. The molecule has 0 saturated carbocycles. The lowest BCUT2D eigenvalue weighted by atomic mass is 9.95. The minimum atomic E-state index is -0.173. The number of nitrogens with zero attached hydrogens (tertiary/aromatic N) is 1. The summed E-state index contributed by atoms with van der Waals surface area (Å²) in [5.41, 5.74) is 3.75. The predicted octanol–water partition coefficient (Wildman–Crippen LogP) is 3.49. The van der Waals surface area contributed by atoms with Gasteiger partial charge in [0.1, 0.15) is 0 Å². The standard InChI is InChI=1S/C18H21N3OS.ClH/c22-17(15-10-12-6-4-5-7-13(12)11-19-15)21-18-20-14-8-2-1-3-9-16(14)23-18;/h4-7,15,19H,1-3,8-11H2,(H,20,21,22);1H. The van der Waals surface area contributed by atoms with Crippen LogP contribution in [-0.2, 0) is 30.6 Å². The van der Waals surface area contributed by atoms with E-state index in [9.17, 15) is 4.79 Å². The van der Waals surface area contributed by atoms with E-state index in [2.05, 4.69) is 27.8 Å². The van der Waals surface area contributed by atoms with E-state index in [0.717, 1.165) is 30.9 Å². The highest BCUT2D eigenvalue weighted by molar-refractivity contribution is 7.15. The second kappa shape index (κ2) is 7.64. The van der Waals surface area contributed by atoms with Gasteiger partial charge in [-0.25, -0.2) is 4.98 Å². The van der Waals surface area contributed by atoms with E-state index >= 15 is 0 Å². The molecule has 2 N–H and O–H groups in total. The molecule has 0 fully saturated rings. The van der Waals surface area contributed by atoms with Crippen molar-refractivity contribution in [3.63, 3.8) is 0 Å². The zero-order valence-electron chi connectivity index (χ0n) is 13.5. The summed E-state index contributed by atoms with van der Waals surface area (Å²) < 4.78 is 0. The molecule has 0 bridgehead atoms. The molecule has 1 aromatic carbocycles. The van der Waals surface area contributed by atoms with Crippen LogP contribution in [0.1, 0.15) is 41.0 Å². The first-order valence-corrected chi connectivity index (χ1v) is 9.21. The first kappa shape index (κ1) is 17.4. The average Bonchev–Trinajstić information content (AvgIpc) is 2.82. The molecule has 128 valence electrons. The van der Waals surface area contributed by atoms with Crippen LogP contribution in [0, 0.1) is 0 Å². The van der Waals surface area contributed by atoms with Gasteiger partial charge in [-0.05, 0) is 43.2 Å². The Labute approximate surface area is 152 Å². The van der Waals surface area contributed by atoms with Gasteiger partial charge >= 0.3 is 0 Å². The molecule has 1 amide bonds. The summed E-state index contributed by atoms with van der Waals surface area (Å²) in [6, 6.07) is 8.14. The number of nitrogens with one attached hydrogen (secondary N) is 2. The highest BCUT2D eigenvalue weighted by atomic mass is 35.5. The third kappa shape index (κ3) is 3.63. The van der Waals surface area contributed by atoms with Gasteiger partial charge in [0.15, 0.2) is 5.13 Å². The largest absolute Gasteiger partial charge is 0.301 e. The molecule has 4 nitrogen and oxygen atoms in total. The maximum atomic E-state index is 12.6. The van der Waals surface area contributed by atoms with Crippen LogP contribution in [0.25, 0.3) is 0 Å². The molecule has 1 aliphatic heterocycles. The number of aryl methyl sites for hydroxylation is 2. The summed E-state index contributed by atoms with van der Waals surface area (Å²) in [5, 5.41) is 7.12. The maximum absolute atomic E-state index is 12.6. The number of aromatic nitrogens is 1. The third-order valence-corrected chi connectivity index (χ3v) is 5.80. The highest BCUT2D eigenvalue weighted by Crippen LogP contribution is 2.29. The number of halogens is 1. The monoisotopic (exact) mass is 363 g/mol. The van der Waals surface area contributed by atoms with Gasteiger partial charge in [0.2, 0.25) is 5.91 Å². The lowest BCUT2D eigenvalue weighted by Crippen LogP contribution is -2.44. The van der Waals surface area contributed by atoms with E-state index in [-0.39, 0.29) is 24.4 Å². The number of fused-ring (bicyclic) bond motifs is 2. The van der Waals surface area contributed by atoms with Crippen LogP contribution in [0.2, 0.25) is 0 Å². The van der Waals surface area contributed by atoms with E-state index in [1.165, 1.54) is 41.0 Å². The number of hydrogen-bond acceptors (Lipinski definition) is 4. The van der Waals surface area contributed by atoms with E-state index in [1.54, 1.807) is 11.3 Å². The number of hydrogen-bond donors (Lipinski definition) is 2. The maximum Gasteiger partial charge on any atom is 0.243 e. The van der Waals surface area contributed by atoms with Gasteiger partial charge in [-0.3, -0.25) is 4.79 Å². The molecule has 2 heterocycles. The summed E-state index contributed by atoms with van der Waals surface area (Å²) in [4.78, 5) is 18.6. The Bertz CT molecular complexity index is 707. The van der Waals surface area contributed by atoms with Crippen LogP contribution >= 0.6 is 23.7 Å². The Morgan fingerprint density at radius 3 is 2.83 bits per heavy atom. The summed E-state index contributed by atoms with van der Waals surface area (Å²) in [5.74, 6) is 0.0309.